The predicted octanol–water partition coefficient (Wildman–Crippen LogP) is 3.09. The molecule has 1 aliphatic heterocycles. The summed E-state index contributed by atoms with van der Waals surface area (Å²) in [5, 5.41) is 5.74. The zero-order chi connectivity index (χ0) is 15.5. The number of nitrogens with one attached hydrogen (secondary N) is 2. The van der Waals surface area contributed by atoms with Crippen molar-refractivity contribution >= 4 is 34.8 Å². The lowest BCUT2D eigenvalue weighted by molar-refractivity contribution is -0.130. The Hall–Kier alpha value is -0.880. The largest absolute Gasteiger partial charge is 0.384 e. The lowest BCUT2D eigenvalue weighted by Crippen LogP contribution is -2.47. The van der Waals surface area contributed by atoms with Gasteiger partial charge in [0.1, 0.15) is 0 Å². The van der Waals surface area contributed by atoms with Crippen LogP contribution in [0.1, 0.15) is 12.8 Å². The molecule has 0 spiro atoms. The quantitative estimate of drug-likeness (QED) is 0.832. The highest BCUT2D eigenvalue weighted by atomic mass is 35.5. The number of rotatable bonds is 4. The lowest BCUT2D eigenvalue weighted by atomic mass is 9.78. The molecule has 0 aromatic heterocycles. The number of methoxy groups -OCH3 is 1. The van der Waals surface area contributed by atoms with Gasteiger partial charge in [-0.15, -0.1) is 0 Å². The molecule has 4 nitrogen and oxygen atoms in total. The van der Waals surface area contributed by atoms with Crippen LogP contribution in [-0.2, 0) is 9.53 Å². The van der Waals surface area contributed by atoms with Crippen molar-refractivity contribution in [3.63, 3.8) is 0 Å². The smallest absolute Gasteiger partial charge is 0.233 e. The molecule has 1 fully saturated rings. The molecule has 1 aromatic rings. The Morgan fingerprint density at radius 1 is 1.38 bits per heavy atom. The van der Waals surface area contributed by atoms with E-state index in [1.807, 2.05) is 0 Å². The molecule has 0 aliphatic carbocycles. The number of hydrogen-bond acceptors (Lipinski definition) is 3. The Kier molecular flexibility index (Phi) is 5.43. The average molecular weight is 335 g/mol. The van der Waals surface area contributed by atoms with Crippen molar-refractivity contribution in [2.24, 2.45) is 5.41 Å². The Bertz CT molecular complexity index is 505. The molecule has 0 saturated carbocycles. The second-order valence-electron chi connectivity index (χ2n) is 5.17. The number of piperidine rings is 1. The third-order valence-corrected chi connectivity index (χ3v) is 4.25. The van der Waals surface area contributed by atoms with Gasteiger partial charge in [-0.1, -0.05) is 23.2 Å². The zero-order valence-electron chi connectivity index (χ0n) is 11.6. The fraction of sp³-hybridized carbons (Fsp3) is 0.500. The van der Waals surface area contributed by atoms with Crippen molar-refractivity contribution in [2.75, 3.05) is 32.1 Å². The fourth-order valence-electron chi connectivity index (χ4n) is 2.51. The van der Waals surface area contributed by atoms with Gasteiger partial charge in [0.15, 0.2) is 5.82 Å². The minimum Gasteiger partial charge on any atom is -0.384 e. The number of carbonyl (C=O) groups excluding carboxylic acids is 1. The average Bonchev–Trinajstić information content (AvgIpc) is 2.46. The standard InChI is InChI=1S/C14H17Cl2FN2O2/c1-21-8-14(2-4-18-5-3-14)13(20)19-9-6-10(15)12(17)11(16)7-9/h6-7,18H,2-5,8H2,1H3,(H,19,20). The molecule has 21 heavy (non-hydrogen) atoms. The van der Waals surface area contributed by atoms with Gasteiger partial charge in [-0.2, -0.15) is 0 Å². The molecular formula is C14H17Cl2FN2O2. The van der Waals surface area contributed by atoms with Crippen LogP contribution < -0.4 is 10.6 Å². The summed E-state index contributed by atoms with van der Waals surface area (Å²) in [4.78, 5) is 12.6. The summed E-state index contributed by atoms with van der Waals surface area (Å²) in [7, 11) is 1.57. The molecule has 7 heteroatoms. The highest BCUT2D eigenvalue weighted by molar-refractivity contribution is 6.35. The molecule has 0 bridgehead atoms. The maximum atomic E-state index is 13.4. The van der Waals surface area contributed by atoms with E-state index >= 15 is 0 Å². The maximum absolute atomic E-state index is 13.4. The summed E-state index contributed by atoms with van der Waals surface area (Å²) in [6, 6.07) is 2.70. The summed E-state index contributed by atoms with van der Waals surface area (Å²) in [5.74, 6) is -0.852. The van der Waals surface area contributed by atoms with Gasteiger partial charge in [-0.05, 0) is 38.1 Å². The topological polar surface area (TPSA) is 50.4 Å². The van der Waals surface area contributed by atoms with Crippen LogP contribution in [0.3, 0.4) is 0 Å². The van der Waals surface area contributed by atoms with Crippen molar-refractivity contribution < 1.29 is 13.9 Å². The Morgan fingerprint density at radius 2 is 1.95 bits per heavy atom. The van der Waals surface area contributed by atoms with E-state index in [9.17, 15) is 9.18 Å². The summed E-state index contributed by atoms with van der Waals surface area (Å²) >= 11 is 11.5. The molecule has 0 unspecified atom stereocenters. The first-order valence-corrected chi connectivity index (χ1v) is 7.40. The summed E-state index contributed by atoms with van der Waals surface area (Å²) < 4.78 is 18.6. The van der Waals surface area contributed by atoms with E-state index in [0.717, 1.165) is 13.1 Å². The monoisotopic (exact) mass is 334 g/mol. The van der Waals surface area contributed by atoms with Crippen LogP contribution in [0.25, 0.3) is 0 Å². The first-order valence-electron chi connectivity index (χ1n) is 6.64. The van der Waals surface area contributed by atoms with E-state index in [2.05, 4.69) is 10.6 Å². The highest BCUT2D eigenvalue weighted by Gasteiger charge is 2.39. The van der Waals surface area contributed by atoms with E-state index in [-0.39, 0.29) is 16.0 Å². The zero-order valence-corrected chi connectivity index (χ0v) is 13.2. The number of amides is 1. The maximum Gasteiger partial charge on any atom is 0.233 e. The first-order chi connectivity index (χ1) is 9.98. The number of hydrogen-bond donors (Lipinski definition) is 2. The van der Waals surface area contributed by atoms with Crippen molar-refractivity contribution in [1.82, 2.24) is 5.32 Å². The third kappa shape index (κ3) is 3.66. The molecule has 2 rings (SSSR count). The van der Waals surface area contributed by atoms with Crippen molar-refractivity contribution in [3.05, 3.63) is 28.0 Å². The molecule has 2 N–H and O–H groups in total. The number of benzene rings is 1. The van der Waals surface area contributed by atoms with Gasteiger partial charge in [-0.3, -0.25) is 4.79 Å². The van der Waals surface area contributed by atoms with Crippen molar-refractivity contribution in [1.29, 1.82) is 0 Å². The normalized spacial score (nSPS) is 17.5. The van der Waals surface area contributed by atoms with Crippen LogP contribution in [0.15, 0.2) is 12.1 Å². The predicted molar refractivity (Wildman–Crippen MR) is 81.5 cm³/mol. The van der Waals surface area contributed by atoms with Crippen LogP contribution >= 0.6 is 23.2 Å². The molecule has 1 amide bonds. The van der Waals surface area contributed by atoms with Crippen LogP contribution in [0, 0.1) is 11.2 Å². The molecule has 0 radical (unpaired) electrons. The first kappa shape index (κ1) is 16.5. The van der Waals surface area contributed by atoms with Gasteiger partial charge in [-0.25, -0.2) is 4.39 Å². The van der Waals surface area contributed by atoms with Crippen LogP contribution in [0.4, 0.5) is 10.1 Å². The molecule has 1 aromatic carbocycles. The summed E-state index contributed by atoms with van der Waals surface area (Å²) in [5.41, 5.74) is -0.210. The van der Waals surface area contributed by atoms with E-state index in [4.69, 9.17) is 27.9 Å². The third-order valence-electron chi connectivity index (χ3n) is 3.70. The van der Waals surface area contributed by atoms with Gasteiger partial charge in [0, 0.05) is 12.8 Å². The van der Waals surface area contributed by atoms with E-state index in [1.165, 1.54) is 12.1 Å². The second-order valence-corrected chi connectivity index (χ2v) is 5.99. The number of carbonyl (C=O) groups is 1. The van der Waals surface area contributed by atoms with E-state index in [0.29, 0.717) is 25.1 Å². The molecule has 1 heterocycles. The summed E-state index contributed by atoms with van der Waals surface area (Å²) in [6.45, 7) is 1.84. The summed E-state index contributed by atoms with van der Waals surface area (Å²) in [6.07, 6.45) is 1.35. The highest BCUT2D eigenvalue weighted by Crippen LogP contribution is 2.32. The van der Waals surface area contributed by atoms with Gasteiger partial charge >= 0.3 is 0 Å². The molecule has 1 aliphatic rings. The molecule has 116 valence electrons. The minimum atomic E-state index is -0.690. The van der Waals surface area contributed by atoms with E-state index < -0.39 is 11.2 Å². The van der Waals surface area contributed by atoms with Gasteiger partial charge in [0.2, 0.25) is 5.91 Å². The fourth-order valence-corrected chi connectivity index (χ4v) is 3.00. The number of ether oxygens (including phenoxy) is 1. The van der Waals surface area contributed by atoms with Crippen LogP contribution in [-0.4, -0.2) is 32.7 Å². The lowest BCUT2D eigenvalue weighted by Gasteiger charge is -2.35. The second kappa shape index (κ2) is 6.92. The van der Waals surface area contributed by atoms with Crippen LogP contribution in [0.2, 0.25) is 10.0 Å². The molecule has 0 atom stereocenters. The number of halogens is 3. The Morgan fingerprint density at radius 3 is 2.48 bits per heavy atom. The van der Waals surface area contributed by atoms with Crippen molar-refractivity contribution in [3.8, 4) is 0 Å². The SMILES string of the molecule is COCC1(C(=O)Nc2cc(Cl)c(F)c(Cl)c2)CCNCC1. The Balaban J connectivity index is 2.19. The molecular weight excluding hydrogens is 318 g/mol. The minimum absolute atomic E-state index is 0.121. The number of anilines is 1. The Labute approximate surface area is 132 Å². The van der Waals surface area contributed by atoms with Gasteiger partial charge in [0.05, 0.1) is 22.1 Å². The van der Waals surface area contributed by atoms with Crippen molar-refractivity contribution in [2.45, 2.75) is 12.8 Å². The van der Waals surface area contributed by atoms with E-state index in [1.54, 1.807) is 7.11 Å². The van der Waals surface area contributed by atoms with Gasteiger partial charge < -0.3 is 15.4 Å². The molecule has 1 saturated heterocycles. The van der Waals surface area contributed by atoms with Crippen LogP contribution in [0.5, 0.6) is 0 Å². The van der Waals surface area contributed by atoms with Gasteiger partial charge in [0.25, 0.3) is 0 Å².